The second-order valence-corrected chi connectivity index (χ2v) is 7.87. The van der Waals surface area contributed by atoms with Crippen molar-refractivity contribution in [3.8, 4) is 5.75 Å². The minimum Gasteiger partial charge on any atom is -0.492 e. The molecular weight excluding hydrogens is 402 g/mol. The van der Waals surface area contributed by atoms with E-state index in [2.05, 4.69) is 41.1 Å². The molecule has 0 aliphatic carbocycles. The van der Waals surface area contributed by atoms with Crippen LogP contribution in [0.5, 0.6) is 5.75 Å². The molecule has 4 rings (SSSR count). The van der Waals surface area contributed by atoms with Gasteiger partial charge in [-0.15, -0.1) is 0 Å². The molecule has 0 unspecified atom stereocenters. The molecule has 0 bridgehead atoms. The Labute approximate surface area is 188 Å². The second kappa shape index (κ2) is 10.7. The van der Waals surface area contributed by atoms with Crippen molar-refractivity contribution in [2.75, 3.05) is 13.2 Å². The van der Waals surface area contributed by atoms with Gasteiger partial charge in [0, 0.05) is 13.0 Å². The van der Waals surface area contributed by atoms with Crippen LogP contribution in [0.1, 0.15) is 41.2 Å². The van der Waals surface area contributed by atoms with Gasteiger partial charge in [0.15, 0.2) is 5.76 Å². The van der Waals surface area contributed by atoms with E-state index < -0.39 is 0 Å². The third-order valence-electron chi connectivity index (χ3n) is 5.45. The number of furan rings is 1. The summed E-state index contributed by atoms with van der Waals surface area (Å²) in [6.45, 7) is 4.05. The first-order chi connectivity index (χ1) is 15.7. The van der Waals surface area contributed by atoms with E-state index in [-0.39, 0.29) is 5.91 Å². The van der Waals surface area contributed by atoms with Gasteiger partial charge in [-0.25, -0.2) is 4.98 Å². The average molecular weight is 432 g/mol. The SMILES string of the molecule is Cc1ccc(OCCn2c(CCCCCNC(=O)c3ccco3)nc3ccccc32)cc1. The summed E-state index contributed by atoms with van der Waals surface area (Å²) in [5.41, 5.74) is 3.38. The molecule has 0 aliphatic heterocycles. The maximum Gasteiger partial charge on any atom is 0.286 e. The van der Waals surface area contributed by atoms with Crippen LogP contribution in [-0.4, -0.2) is 28.6 Å². The number of nitrogens with zero attached hydrogens (tertiary/aromatic N) is 2. The Morgan fingerprint density at radius 2 is 1.88 bits per heavy atom. The molecule has 0 radical (unpaired) electrons. The maximum atomic E-state index is 11.9. The van der Waals surface area contributed by atoms with Crippen LogP contribution in [-0.2, 0) is 13.0 Å². The highest BCUT2D eigenvalue weighted by molar-refractivity contribution is 5.91. The van der Waals surface area contributed by atoms with E-state index in [9.17, 15) is 4.79 Å². The Morgan fingerprint density at radius 3 is 2.69 bits per heavy atom. The van der Waals surface area contributed by atoms with E-state index in [4.69, 9.17) is 14.1 Å². The second-order valence-electron chi connectivity index (χ2n) is 7.87. The van der Waals surface area contributed by atoms with Crippen molar-refractivity contribution in [2.45, 2.75) is 39.2 Å². The van der Waals surface area contributed by atoms with Crippen LogP contribution < -0.4 is 10.1 Å². The molecule has 0 saturated heterocycles. The van der Waals surface area contributed by atoms with E-state index in [0.29, 0.717) is 18.9 Å². The summed E-state index contributed by atoms with van der Waals surface area (Å²) in [7, 11) is 0. The van der Waals surface area contributed by atoms with Gasteiger partial charge in [-0.2, -0.15) is 0 Å². The smallest absolute Gasteiger partial charge is 0.286 e. The topological polar surface area (TPSA) is 69.3 Å². The number of imidazole rings is 1. The van der Waals surface area contributed by atoms with Crippen LogP contribution in [0, 0.1) is 6.92 Å². The van der Waals surface area contributed by atoms with Crippen molar-refractivity contribution in [2.24, 2.45) is 0 Å². The fraction of sp³-hybridized carbons (Fsp3) is 0.308. The van der Waals surface area contributed by atoms with E-state index in [1.807, 2.05) is 24.3 Å². The lowest BCUT2D eigenvalue weighted by molar-refractivity contribution is 0.0925. The number of carbonyl (C=O) groups is 1. The van der Waals surface area contributed by atoms with Crippen LogP contribution in [0.4, 0.5) is 0 Å². The zero-order chi connectivity index (χ0) is 22.2. The van der Waals surface area contributed by atoms with Crippen molar-refractivity contribution >= 4 is 16.9 Å². The predicted molar refractivity (Wildman–Crippen MR) is 125 cm³/mol. The van der Waals surface area contributed by atoms with Gasteiger partial charge >= 0.3 is 0 Å². The van der Waals surface area contributed by atoms with Crippen LogP contribution >= 0.6 is 0 Å². The van der Waals surface area contributed by atoms with Gasteiger partial charge in [0.2, 0.25) is 0 Å². The van der Waals surface area contributed by atoms with Crippen molar-refractivity contribution < 1.29 is 13.9 Å². The number of rotatable bonds is 11. The fourth-order valence-corrected chi connectivity index (χ4v) is 3.74. The molecule has 2 aromatic carbocycles. The molecule has 1 N–H and O–H groups in total. The Morgan fingerprint density at radius 1 is 1.03 bits per heavy atom. The highest BCUT2D eigenvalue weighted by Crippen LogP contribution is 2.18. The molecule has 0 fully saturated rings. The van der Waals surface area contributed by atoms with Gasteiger partial charge in [0.25, 0.3) is 5.91 Å². The summed E-state index contributed by atoms with van der Waals surface area (Å²) >= 11 is 0. The summed E-state index contributed by atoms with van der Waals surface area (Å²) in [6, 6.07) is 19.8. The molecule has 4 aromatic rings. The summed E-state index contributed by atoms with van der Waals surface area (Å²) < 4.78 is 13.3. The number of unbranched alkanes of at least 4 members (excludes halogenated alkanes) is 2. The molecule has 166 valence electrons. The number of hydrogen-bond acceptors (Lipinski definition) is 4. The minimum absolute atomic E-state index is 0.162. The van der Waals surface area contributed by atoms with Gasteiger partial charge in [-0.3, -0.25) is 4.79 Å². The fourth-order valence-electron chi connectivity index (χ4n) is 3.74. The number of para-hydroxylation sites is 2. The normalized spacial score (nSPS) is 11.0. The maximum absolute atomic E-state index is 11.9. The van der Waals surface area contributed by atoms with Crippen molar-refractivity contribution in [3.05, 3.63) is 84.1 Å². The molecule has 0 saturated carbocycles. The van der Waals surface area contributed by atoms with E-state index >= 15 is 0 Å². The Bertz CT molecular complexity index is 1130. The average Bonchev–Trinajstić information content (AvgIpc) is 3.46. The monoisotopic (exact) mass is 431 g/mol. The van der Waals surface area contributed by atoms with Gasteiger partial charge in [-0.1, -0.05) is 36.2 Å². The summed E-state index contributed by atoms with van der Waals surface area (Å²) in [5.74, 6) is 2.16. The number of aryl methyl sites for hydroxylation is 2. The lowest BCUT2D eigenvalue weighted by Gasteiger charge is -2.11. The summed E-state index contributed by atoms with van der Waals surface area (Å²) in [4.78, 5) is 16.7. The standard InChI is InChI=1S/C26H29N3O3/c1-20-12-14-21(15-13-20)31-19-17-29-23-9-5-4-8-22(23)28-25(29)11-3-2-6-16-27-26(30)24-10-7-18-32-24/h4-5,7-10,12-15,18H,2-3,6,11,16-17,19H2,1H3,(H,27,30). The third-order valence-corrected chi connectivity index (χ3v) is 5.45. The zero-order valence-electron chi connectivity index (χ0n) is 18.4. The highest BCUT2D eigenvalue weighted by Gasteiger charge is 2.11. The molecule has 1 amide bonds. The Balaban J connectivity index is 1.28. The Hall–Kier alpha value is -3.54. The summed E-state index contributed by atoms with van der Waals surface area (Å²) in [6.07, 6.45) is 5.35. The largest absolute Gasteiger partial charge is 0.492 e. The number of hydrogen-bond donors (Lipinski definition) is 1. The quantitative estimate of drug-likeness (QED) is 0.333. The number of amides is 1. The first-order valence-electron chi connectivity index (χ1n) is 11.2. The number of aromatic nitrogens is 2. The number of carbonyl (C=O) groups excluding carboxylic acids is 1. The van der Waals surface area contributed by atoms with Crippen LogP contribution in [0.25, 0.3) is 11.0 Å². The minimum atomic E-state index is -0.162. The third kappa shape index (κ3) is 5.58. The molecule has 0 aliphatic rings. The van der Waals surface area contributed by atoms with Crippen molar-refractivity contribution in [3.63, 3.8) is 0 Å². The van der Waals surface area contributed by atoms with E-state index in [1.54, 1.807) is 12.1 Å². The van der Waals surface area contributed by atoms with Gasteiger partial charge in [0.1, 0.15) is 18.2 Å². The first-order valence-corrected chi connectivity index (χ1v) is 11.2. The lowest BCUT2D eigenvalue weighted by atomic mass is 10.2. The van der Waals surface area contributed by atoms with E-state index in [0.717, 1.165) is 54.8 Å². The molecule has 2 heterocycles. The van der Waals surface area contributed by atoms with E-state index in [1.165, 1.54) is 11.8 Å². The lowest BCUT2D eigenvalue weighted by Crippen LogP contribution is -2.23. The number of ether oxygens (including phenoxy) is 1. The van der Waals surface area contributed by atoms with Gasteiger partial charge < -0.3 is 19.0 Å². The Kier molecular flexibility index (Phi) is 7.23. The molecule has 0 spiro atoms. The van der Waals surface area contributed by atoms with Crippen molar-refractivity contribution in [1.82, 2.24) is 14.9 Å². The molecule has 6 heteroatoms. The van der Waals surface area contributed by atoms with Gasteiger partial charge in [-0.05, 0) is 56.2 Å². The van der Waals surface area contributed by atoms with Crippen LogP contribution in [0.15, 0.2) is 71.3 Å². The predicted octanol–water partition coefficient (Wildman–Crippen LogP) is 5.16. The highest BCUT2D eigenvalue weighted by atomic mass is 16.5. The molecule has 0 atom stereocenters. The molecular formula is C26H29N3O3. The van der Waals surface area contributed by atoms with Gasteiger partial charge in [0.05, 0.1) is 23.8 Å². The van der Waals surface area contributed by atoms with Crippen LogP contribution in [0.3, 0.4) is 0 Å². The molecule has 32 heavy (non-hydrogen) atoms. The van der Waals surface area contributed by atoms with Crippen molar-refractivity contribution in [1.29, 1.82) is 0 Å². The molecule has 2 aromatic heterocycles. The molecule has 6 nitrogen and oxygen atoms in total. The van der Waals surface area contributed by atoms with Crippen LogP contribution in [0.2, 0.25) is 0 Å². The number of benzene rings is 2. The summed E-state index contributed by atoms with van der Waals surface area (Å²) in [5, 5.41) is 2.89. The first kappa shape index (κ1) is 21.7. The zero-order valence-corrected chi connectivity index (χ0v) is 18.4. The number of fused-ring (bicyclic) bond motifs is 1. The number of nitrogens with one attached hydrogen (secondary N) is 1.